The molecule has 0 nitrogen and oxygen atoms in total. The van der Waals surface area contributed by atoms with Crippen LogP contribution in [-0.4, -0.2) is 8.07 Å². The molecule has 208 valence electrons. The minimum absolute atomic E-state index is 0. The molecule has 0 aliphatic heterocycles. The molecule has 0 spiro atoms. The van der Waals surface area contributed by atoms with Crippen molar-refractivity contribution in [1.82, 2.24) is 0 Å². The van der Waals surface area contributed by atoms with Crippen molar-refractivity contribution in [2.24, 2.45) is 47.3 Å². The van der Waals surface area contributed by atoms with E-state index in [2.05, 4.69) is 96.2 Å². The summed E-state index contributed by atoms with van der Waals surface area (Å²) in [7, 11) is -1.62. The molecule has 4 rings (SSSR count). The van der Waals surface area contributed by atoms with E-state index in [0.717, 1.165) is 58.4 Å². The van der Waals surface area contributed by atoms with E-state index in [9.17, 15) is 0 Å². The van der Waals surface area contributed by atoms with Crippen molar-refractivity contribution in [2.45, 2.75) is 107 Å². The van der Waals surface area contributed by atoms with E-state index in [0.29, 0.717) is 0 Å². The van der Waals surface area contributed by atoms with Gasteiger partial charge in [0.05, 0.1) is 8.07 Å². The van der Waals surface area contributed by atoms with Gasteiger partial charge in [-0.3, -0.25) is 0 Å². The van der Waals surface area contributed by atoms with E-state index in [-0.39, 0.29) is 106 Å². The van der Waals surface area contributed by atoms with Crippen LogP contribution in [0.25, 0.3) is 0 Å². The van der Waals surface area contributed by atoms with Gasteiger partial charge in [-0.1, -0.05) is 63.1 Å². The zero-order valence-corrected chi connectivity index (χ0v) is 37.1. The molecule has 4 aliphatic rings. The molecule has 2 saturated carbocycles. The molecule has 0 N–H and O–H groups in total. The van der Waals surface area contributed by atoms with E-state index in [1.807, 2.05) is 0 Å². The molecule has 0 aromatic carbocycles. The molecular formula is C34H58SiY2Zr. The largest absolute Gasteiger partial charge is 2.00 e. The van der Waals surface area contributed by atoms with Gasteiger partial charge in [0.1, 0.15) is 0 Å². The number of allylic oxidation sites excluding steroid dienone is 8. The van der Waals surface area contributed by atoms with Crippen molar-refractivity contribution in [3.8, 4) is 0 Å². The molecular weight excluding hydrogens is 705 g/mol. The van der Waals surface area contributed by atoms with Crippen LogP contribution in [0.4, 0.5) is 0 Å². The number of fused-ring (bicyclic) bond motifs is 2. The SMILES string of the molecule is CC1=C(C)C2C(C)C(C)C([Si](C)(C)C3C(C)C(C)C4C(C)=C(C)C(C)=C(C)C43)C2C(C)=C1C.[CH3-].[CH3-].[Y].[Y].[Zr+2]. The average Bonchev–Trinajstić information content (AvgIpc) is 3.19. The van der Waals surface area contributed by atoms with Gasteiger partial charge in [0.15, 0.2) is 0 Å². The maximum absolute atomic E-state index is 2.83. The van der Waals surface area contributed by atoms with Crippen molar-refractivity contribution >= 4 is 8.07 Å². The summed E-state index contributed by atoms with van der Waals surface area (Å²) in [5.41, 5.74) is 15.0. The third-order valence-corrected chi connectivity index (χ3v) is 17.9. The van der Waals surface area contributed by atoms with Gasteiger partial charge in [0.2, 0.25) is 0 Å². The van der Waals surface area contributed by atoms with Crippen molar-refractivity contribution < 1.29 is 91.6 Å². The first-order valence-electron chi connectivity index (χ1n) is 13.9. The van der Waals surface area contributed by atoms with E-state index in [1.54, 1.807) is 44.6 Å². The Morgan fingerprint density at radius 3 is 0.868 bits per heavy atom. The second kappa shape index (κ2) is 14.8. The van der Waals surface area contributed by atoms with Crippen LogP contribution in [0.3, 0.4) is 0 Å². The smallest absolute Gasteiger partial charge is 0.358 e. The number of rotatable bonds is 2. The fourth-order valence-electron chi connectivity index (χ4n) is 10.2. The molecule has 2 fully saturated rings. The van der Waals surface area contributed by atoms with E-state index in [4.69, 9.17) is 0 Å². The molecule has 0 aromatic heterocycles. The Morgan fingerprint density at radius 1 is 0.421 bits per heavy atom. The predicted octanol–water partition coefficient (Wildman–Crippen LogP) is 10.7. The van der Waals surface area contributed by atoms with Crippen molar-refractivity contribution in [3.63, 3.8) is 0 Å². The topological polar surface area (TPSA) is 0 Å². The molecule has 0 heterocycles. The molecule has 0 bridgehead atoms. The molecule has 38 heavy (non-hydrogen) atoms. The second-order valence-electron chi connectivity index (χ2n) is 13.6. The van der Waals surface area contributed by atoms with Gasteiger partial charge >= 0.3 is 26.2 Å². The van der Waals surface area contributed by atoms with Crippen molar-refractivity contribution in [2.75, 3.05) is 0 Å². The Balaban J connectivity index is 0. The Morgan fingerprint density at radius 2 is 0.632 bits per heavy atom. The molecule has 4 heteroatoms. The third-order valence-electron chi connectivity index (χ3n) is 12.7. The van der Waals surface area contributed by atoms with Gasteiger partial charge in [-0.05, 0) is 136 Å². The first-order chi connectivity index (χ1) is 15.2. The summed E-state index contributed by atoms with van der Waals surface area (Å²) in [6.45, 7) is 35.6. The van der Waals surface area contributed by atoms with E-state index < -0.39 is 8.07 Å². The van der Waals surface area contributed by atoms with Gasteiger partial charge in [-0.2, -0.15) is 0 Å². The van der Waals surface area contributed by atoms with Gasteiger partial charge in [-0.25, -0.2) is 0 Å². The normalized spacial score (nSPS) is 38.4. The van der Waals surface area contributed by atoms with Crippen LogP contribution in [0.5, 0.6) is 0 Å². The first-order valence-corrected chi connectivity index (χ1v) is 17.0. The standard InChI is InChI=1S/C32H52Si.2CH3.2Y.Zr/c1-15-17(3)21(7)29-27(19(15)5)23(9)25(11)31(29)33(13,14)32-26(12)24(10)28-20(6)16(2)18(4)22(8)30(28)32;;;;;/h23-32H,1-14H3;2*1H3;;;/q;2*-1;;;+2. The zero-order valence-electron chi connectivity index (χ0n) is 27.9. The summed E-state index contributed by atoms with van der Waals surface area (Å²) in [6.07, 6.45) is 0. The van der Waals surface area contributed by atoms with Crippen LogP contribution in [-0.2, 0) is 91.6 Å². The fourth-order valence-corrected chi connectivity index (χ4v) is 16.7. The predicted molar refractivity (Wildman–Crippen MR) is 162 cm³/mol. The summed E-state index contributed by atoms with van der Waals surface area (Å²) in [5.74, 6) is 6.30. The minimum Gasteiger partial charge on any atom is -0.358 e. The maximum Gasteiger partial charge on any atom is 2.00 e. The van der Waals surface area contributed by atoms with Crippen molar-refractivity contribution in [3.05, 3.63) is 59.4 Å². The van der Waals surface area contributed by atoms with E-state index >= 15 is 0 Å². The quantitative estimate of drug-likeness (QED) is 0.194. The molecule has 0 amide bonds. The van der Waals surface area contributed by atoms with Gasteiger partial charge in [0.25, 0.3) is 0 Å². The summed E-state index contributed by atoms with van der Waals surface area (Å²) >= 11 is 0. The summed E-state index contributed by atoms with van der Waals surface area (Å²) in [6, 6.07) is 0. The Kier molecular flexibility index (Phi) is 16.5. The van der Waals surface area contributed by atoms with Crippen LogP contribution in [0.15, 0.2) is 44.6 Å². The van der Waals surface area contributed by atoms with Crippen LogP contribution >= 0.6 is 0 Å². The minimum atomic E-state index is -1.62. The van der Waals surface area contributed by atoms with Crippen LogP contribution < -0.4 is 0 Å². The summed E-state index contributed by atoms with van der Waals surface area (Å²) < 4.78 is 0. The first kappa shape index (κ1) is 42.4. The fraction of sp³-hybridized carbons (Fsp3) is 0.706. The summed E-state index contributed by atoms with van der Waals surface area (Å²) in [5, 5.41) is 0. The Hall–Kier alpha value is 2.27. The molecule has 10 atom stereocenters. The monoisotopic (exact) mass is 762 g/mol. The zero-order chi connectivity index (χ0) is 24.9. The summed E-state index contributed by atoms with van der Waals surface area (Å²) in [4.78, 5) is 0. The van der Waals surface area contributed by atoms with Crippen LogP contribution in [0.2, 0.25) is 24.2 Å². The third kappa shape index (κ3) is 5.98. The molecule has 0 aromatic rings. The van der Waals surface area contributed by atoms with E-state index in [1.165, 1.54) is 0 Å². The average molecular weight is 764 g/mol. The second-order valence-corrected chi connectivity index (χ2v) is 18.6. The molecule has 0 saturated heterocycles. The Labute approximate surface area is 309 Å². The Bertz CT molecular complexity index is 922. The van der Waals surface area contributed by atoms with Crippen molar-refractivity contribution in [1.29, 1.82) is 0 Å². The van der Waals surface area contributed by atoms with Gasteiger partial charge in [-0.15, -0.1) is 0 Å². The molecule has 2 radical (unpaired) electrons. The number of hydrogen-bond acceptors (Lipinski definition) is 0. The van der Waals surface area contributed by atoms with Crippen LogP contribution in [0, 0.1) is 62.2 Å². The van der Waals surface area contributed by atoms with Crippen LogP contribution in [0.1, 0.15) is 83.1 Å². The maximum atomic E-state index is 2.83. The number of hydrogen-bond donors (Lipinski definition) is 0. The molecule has 10 unspecified atom stereocenters. The van der Waals surface area contributed by atoms with Gasteiger partial charge in [0, 0.05) is 65.4 Å². The van der Waals surface area contributed by atoms with Gasteiger partial charge < -0.3 is 14.9 Å². The molecule has 4 aliphatic carbocycles.